The number of carbonyl (C=O) groups excluding carboxylic acids is 1. The van der Waals surface area contributed by atoms with Gasteiger partial charge in [-0.1, -0.05) is 35.9 Å². The predicted octanol–water partition coefficient (Wildman–Crippen LogP) is 4.70. The number of likely N-dealkylation sites (N-methyl/N-ethyl adjacent to an activating group) is 1. The molecule has 0 atom stereocenters. The Morgan fingerprint density at radius 1 is 1.12 bits per heavy atom. The van der Waals surface area contributed by atoms with Crippen LogP contribution in [0.2, 0.25) is 5.02 Å². The monoisotopic (exact) mass is 359 g/mol. The molecule has 0 bridgehead atoms. The maximum Gasteiger partial charge on any atom is 0.416 e. The molecule has 0 aromatic heterocycles. The average Bonchev–Trinajstić information content (AvgIpc) is 2.50. The Balaban J connectivity index is 2.16. The fourth-order valence-corrected chi connectivity index (χ4v) is 2.50. The number of carbonyl (C=O) groups is 1. The lowest BCUT2D eigenvalue weighted by atomic mass is 10.1. The van der Waals surface area contributed by atoms with E-state index in [0.29, 0.717) is 0 Å². The molecule has 0 fully saturated rings. The van der Waals surface area contributed by atoms with Gasteiger partial charge in [0.25, 0.3) is 0 Å². The van der Waals surface area contributed by atoms with Gasteiger partial charge in [0.05, 0.1) is 12.0 Å². The molecule has 0 radical (unpaired) electrons. The van der Waals surface area contributed by atoms with E-state index in [0.717, 1.165) is 11.0 Å². The van der Waals surface area contributed by atoms with E-state index in [4.69, 9.17) is 11.6 Å². The zero-order valence-electron chi connectivity index (χ0n) is 12.7. The van der Waals surface area contributed by atoms with E-state index < -0.39 is 23.5 Å². The van der Waals surface area contributed by atoms with E-state index in [2.05, 4.69) is 0 Å². The molecular weight excluding hydrogens is 346 g/mol. The van der Waals surface area contributed by atoms with E-state index in [1.165, 1.54) is 43.4 Å². The first-order valence-electron chi connectivity index (χ1n) is 7.02. The minimum atomic E-state index is -4.50. The lowest BCUT2D eigenvalue weighted by Crippen LogP contribution is -2.29. The van der Waals surface area contributed by atoms with Crippen molar-refractivity contribution in [1.29, 1.82) is 0 Å². The second-order valence-corrected chi connectivity index (χ2v) is 5.69. The molecule has 0 aliphatic carbocycles. The molecule has 2 rings (SSSR count). The highest BCUT2D eigenvalue weighted by Crippen LogP contribution is 2.32. The molecule has 0 N–H and O–H groups in total. The molecule has 0 spiro atoms. The summed E-state index contributed by atoms with van der Waals surface area (Å²) in [7, 11) is 1.37. The normalized spacial score (nSPS) is 11.4. The maximum atomic E-state index is 13.7. The van der Waals surface area contributed by atoms with Gasteiger partial charge in [-0.2, -0.15) is 13.2 Å². The summed E-state index contributed by atoms with van der Waals surface area (Å²) in [4.78, 5) is 13.3. The Bertz CT molecular complexity index is 725. The fourth-order valence-electron chi connectivity index (χ4n) is 2.27. The van der Waals surface area contributed by atoms with Crippen molar-refractivity contribution in [3.63, 3.8) is 0 Å². The van der Waals surface area contributed by atoms with Gasteiger partial charge in [-0.05, 0) is 23.8 Å². The van der Waals surface area contributed by atoms with E-state index in [1.807, 2.05) is 0 Å². The zero-order chi connectivity index (χ0) is 17.9. The van der Waals surface area contributed by atoms with Gasteiger partial charge in [-0.3, -0.25) is 4.79 Å². The van der Waals surface area contributed by atoms with Gasteiger partial charge < -0.3 is 4.90 Å². The number of benzene rings is 2. The van der Waals surface area contributed by atoms with Crippen molar-refractivity contribution in [2.75, 3.05) is 7.05 Å². The number of nitrogens with zero attached hydrogens (tertiary/aromatic N) is 1. The number of hydrogen-bond donors (Lipinski definition) is 0. The number of hydrogen-bond acceptors (Lipinski definition) is 1. The summed E-state index contributed by atoms with van der Waals surface area (Å²) in [5.74, 6) is -1.15. The largest absolute Gasteiger partial charge is 0.416 e. The Morgan fingerprint density at radius 2 is 1.79 bits per heavy atom. The lowest BCUT2D eigenvalue weighted by molar-refractivity contribution is -0.139. The van der Waals surface area contributed by atoms with Gasteiger partial charge in [-0.15, -0.1) is 0 Å². The van der Waals surface area contributed by atoms with Crippen molar-refractivity contribution in [3.8, 4) is 0 Å². The summed E-state index contributed by atoms with van der Waals surface area (Å²) in [6.07, 6.45) is -4.83. The highest BCUT2D eigenvalue weighted by Gasteiger charge is 2.33. The SMILES string of the molecule is CN(Cc1ccccc1C(F)(F)F)C(=O)Cc1c(F)cccc1Cl. The molecule has 2 aromatic carbocycles. The summed E-state index contributed by atoms with van der Waals surface area (Å²) in [6.45, 7) is -0.236. The molecule has 0 aliphatic rings. The quantitative estimate of drug-likeness (QED) is 0.725. The van der Waals surface area contributed by atoms with Gasteiger partial charge in [-0.25, -0.2) is 4.39 Å². The smallest absolute Gasteiger partial charge is 0.341 e. The summed E-state index contributed by atoms with van der Waals surface area (Å²) in [5.41, 5.74) is -0.797. The highest BCUT2D eigenvalue weighted by atomic mass is 35.5. The first kappa shape index (κ1) is 18.3. The van der Waals surface area contributed by atoms with E-state index in [-0.39, 0.29) is 29.1 Å². The molecule has 2 nitrogen and oxygen atoms in total. The van der Waals surface area contributed by atoms with Crippen molar-refractivity contribution >= 4 is 17.5 Å². The minimum Gasteiger partial charge on any atom is -0.341 e. The third kappa shape index (κ3) is 4.26. The first-order valence-corrected chi connectivity index (χ1v) is 7.40. The van der Waals surface area contributed by atoms with Gasteiger partial charge in [0.1, 0.15) is 5.82 Å². The maximum absolute atomic E-state index is 13.7. The van der Waals surface area contributed by atoms with Gasteiger partial charge >= 0.3 is 6.18 Å². The third-order valence-corrected chi connectivity index (χ3v) is 3.90. The first-order chi connectivity index (χ1) is 11.2. The van der Waals surface area contributed by atoms with Crippen LogP contribution in [0, 0.1) is 5.82 Å². The Labute approximate surface area is 141 Å². The predicted molar refractivity (Wildman–Crippen MR) is 83.0 cm³/mol. The van der Waals surface area contributed by atoms with Crippen molar-refractivity contribution in [1.82, 2.24) is 4.90 Å². The number of alkyl halides is 3. The third-order valence-electron chi connectivity index (χ3n) is 3.55. The molecule has 0 saturated heterocycles. The topological polar surface area (TPSA) is 20.3 Å². The molecule has 0 heterocycles. The van der Waals surface area contributed by atoms with Crippen LogP contribution in [0.3, 0.4) is 0 Å². The van der Waals surface area contributed by atoms with Gasteiger partial charge in [0, 0.05) is 24.2 Å². The lowest BCUT2D eigenvalue weighted by Gasteiger charge is -2.20. The van der Waals surface area contributed by atoms with E-state index >= 15 is 0 Å². The Hall–Kier alpha value is -2.08. The summed E-state index contributed by atoms with van der Waals surface area (Å²) < 4.78 is 52.7. The van der Waals surface area contributed by atoms with Crippen LogP contribution < -0.4 is 0 Å². The van der Waals surface area contributed by atoms with Crippen molar-refractivity contribution in [2.24, 2.45) is 0 Å². The number of rotatable bonds is 4. The van der Waals surface area contributed by atoms with Crippen LogP contribution in [0.15, 0.2) is 42.5 Å². The van der Waals surface area contributed by atoms with Crippen molar-refractivity contribution < 1.29 is 22.4 Å². The van der Waals surface area contributed by atoms with E-state index in [1.54, 1.807) is 0 Å². The van der Waals surface area contributed by atoms with Crippen LogP contribution in [-0.4, -0.2) is 17.9 Å². The average molecular weight is 360 g/mol. The molecule has 0 unspecified atom stereocenters. The molecule has 0 aliphatic heterocycles. The molecule has 0 saturated carbocycles. The second-order valence-electron chi connectivity index (χ2n) is 5.28. The molecule has 128 valence electrons. The standard InChI is InChI=1S/C17H14ClF4NO/c1-23(10-11-5-2-3-6-13(11)17(20,21)22)16(24)9-12-14(18)7-4-8-15(12)19/h2-8H,9-10H2,1H3. The van der Waals surface area contributed by atoms with Crippen LogP contribution in [0.1, 0.15) is 16.7 Å². The van der Waals surface area contributed by atoms with E-state index in [9.17, 15) is 22.4 Å². The molecule has 24 heavy (non-hydrogen) atoms. The zero-order valence-corrected chi connectivity index (χ0v) is 13.5. The van der Waals surface area contributed by atoms with Crippen LogP contribution >= 0.6 is 11.6 Å². The number of halogens is 5. The van der Waals surface area contributed by atoms with Crippen LogP contribution in [0.4, 0.5) is 17.6 Å². The second kappa shape index (κ2) is 7.21. The van der Waals surface area contributed by atoms with Crippen LogP contribution in [0.25, 0.3) is 0 Å². The van der Waals surface area contributed by atoms with Crippen LogP contribution in [-0.2, 0) is 23.9 Å². The molecule has 2 aromatic rings. The molecular formula is C17H14ClF4NO. The summed E-state index contributed by atoms with van der Waals surface area (Å²) >= 11 is 5.86. The highest BCUT2D eigenvalue weighted by molar-refractivity contribution is 6.31. The Kier molecular flexibility index (Phi) is 5.49. The molecule has 7 heteroatoms. The van der Waals surface area contributed by atoms with Gasteiger partial charge in [0.2, 0.25) is 5.91 Å². The number of amides is 1. The van der Waals surface area contributed by atoms with Crippen molar-refractivity contribution in [2.45, 2.75) is 19.1 Å². The Morgan fingerprint density at radius 3 is 2.42 bits per heavy atom. The minimum absolute atomic E-state index is 0.0273. The van der Waals surface area contributed by atoms with Gasteiger partial charge in [0.15, 0.2) is 0 Å². The fraction of sp³-hybridized carbons (Fsp3) is 0.235. The van der Waals surface area contributed by atoms with Crippen LogP contribution in [0.5, 0.6) is 0 Å². The molecule has 1 amide bonds. The summed E-state index contributed by atoms with van der Waals surface area (Å²) in [6, 6.07) is 9.06. The van der Waals surface area contributed by atoms with Crippen molar-refractivity contribution in [3.05, 3.63) is 70.0 Å². The summed E-state index contributed by atoms with van der Waals surface area (Å²) in [5, 5.41) is 0.104.